The van der Waals surface area contributed by atoms with E-state index in [1.54, 1.807) is 6.92 Å². The van der Waals surface area contributed by atoms with Gasteiger partial charge in [0.2, 0.25) is 9.04 Å². The van der Waals surface area contributed by atoms with Crippen molar-refractivity contribution in [1.82, 2.24) is 0 Å². The van der Waals surface area contributed by atoms with Gasteiger partial charge < -0.3 is 18.0 Å². The summed E-state index contributed by atoms with van der Waals surface area (Å²) in [4.78, 5) is 23.0. The maximum Gasteiger partial charge on any atom is 0.333 e. The maximum atomic E-state index is 11.6. The minimum absolute atomic E-state index is 0.0173. The number of carbonyl (C=O) groups excluding carboxylic acids is 2. The predicted molar refractivity (Wildman–Crippen MR) is 120 cm³/mol. The molecule has 6 nitrogen and oxygen atoms in total. The van der Waals surface area contributed by atoms with E-state index < -0.39 is 43.7 Å². The molecule has 0 aromatic rings. The lowest BCUT2D eigenvalue weighted by Gasteiger charge is -2.34. The van der Waals surface area contributed by atoms with Gasteiger partial charge in [0.15, 0.2) is 16.6 Å². The lowest BCUT2D eigenvalue weighted by Crippen LogP contribution is -2.44. The summed E-state index contributed by atoms with van der Waals surface area (Å²) in [6, 6.07) is 3.05. The van der Waals surface area contributed by atoms with Gasteiger partial charge in [0.05, 0.1) is 0 Å². The van der Waals surface area contributed by atoms with Gasteiger partial charge in [-0.05, 0) is 57.8 Å². The van der Waals surface area contributed by atoms with Crippen molar-refractivity contribution in [1.29, 1.82) is 0 Å². The van der Waals surface area contributed by atoms with Crippen molar-refractivity contribution in [3.8, 4) is 0 Å². The SMILES string of the molecule is C=CC(=O)OCC(COC(=O)C(=C)C)O[Si](C)CC[Si](C)(C)O[Si](C)(C)CC. The Labute approximate surface area is 174 Å². The minimum atomic E-state index is -1.76. The second kappa shape index (κ2) is 12.5. The Balaban J connectivity index is 4.71. The van der Waals surface area contributed by atoms with Crippen LogP contribution in [-0.4, -0.2) is 56.9 Å². The average Bonchev–Trinajstić information content (AvgIpc) is 2.60. The number of carbonyl (C=O) groups is 2. The molecule has 0 bridgehead atoms. The summed E-state index contributed by atoms with van der Waals surface area (Å²) in [7, 11) is -4.50. The lowest BCUT2D eigenvalue weighted by atomic mass is 10.3. The third-order valence-electron chi connectivity index (χ3n) is 4.18. The molecule has 0 rings (SSSR count). The quantitative estimate of drug-likeness (QED) is 0.226. The van der Waals surface area contributed by atoms with Crippen LogP contribution in [0.3, 0.4) is 0 Å². The van der Waals surface area contributed by atoms with Crippen LogP contribution in [0.25, 0.3) is 0 Å². The fourth-order valence-electron chi connectivity index (χ4n) is 2.33. The van der Waals surface area contributed by atoms with Crippen molar-refractivity contribution >= 4 is 37.6 Å². The van der Waals surface area contributed by atoms with Gasteiger partial charge in [-0.1, -0.05) is 20.1 Å². The molecule has 0 aromatic heterocycles. The molecule has 0 aliphatic carbocycles. The number of rotatable bonds is 14. The minimum Gasteiger partial charge on any atom is -0.460 e. The van der Waals surface area contributed by atoms with Crippen molar-refractivity contribution < 1.29 is 27.6 Å². The zero-order valence-electron chi connectivity index (χ0n) is 18.6. The van der Waals surface area contributed by atoms with Crippen LogP contribution < -0.4 is 0 Å². The first-order valence-electron chi connectivity index (χ1n) is 9.63. The van der Waals surface area contributed by atoms with Crippen molar-refractivity contribution in [3.05, 3.63) is 24.8 Å². The summed E-state index contributed by atoms with van der Waals surface area (Å²) in [6.45, 7) is 21.8. The third-order valence-corrected chi connectivity index (χ3v) is 13.9. The molecule has 28 heavy (non-hydrogen) atoms. The molecule has 0 heterocycles. The molecule has 161 valence electrons. The molecule has 0 spiro atoms. The van der Waals surface area contributed by atoms with Crippen molar-refractivity contribution in [3.63, 3.8) is 0 Å². The molecule has 0 aliphatic heterocycles. The molecule has 0 fully saturated rings. The molecule has 0 amide bonds. The van der Waals surface area contributed by atoms with Gasteiger partial charge in [0, 0.05) is 11.6 Å². The summed E-state index contributed by atoms with van der Waals surface area (Å²) in [5, 5.41) is 0. The summed E-state index contributed by atoms with van der Waals surface area (Å²) in [5.74, 6) is -1.01. The predicted octanol–water partition coefficient (Wildman–Crippen LogP) is 4.29. The fraction of sp³-hybridized carbons (Fsp3) is 0.684. The van der Waals surface area contributed by atoms with E-state index >= 15 is 0 Å². The van der Waals surface area contributed by atoms with Crippen LogP contribution in [0.4, 0.5) is 0 Å². The highest BCUT2D eigenvalue weighted by Gasteiger charge is 2.32. The van der Waals surface area contributed by atoms with Gasteiger partial charge in [0.1, 0.15) is 19.3 Å². The molecule has 1 radical (unpaired) electrons. The van der Waals surface area contributed by atoms with Crippen molar-refractivity contribution in [2.45, 2.75) is 70.8 Å². The summed E-state index contributed by atoms with van der Waals surface area (Å²) in [6.07, 6.45) is 0.595. The Morgan fingerprint density at radius 2 is 1.68 bits per heavy atom. The Bertz CT molecular complexity index is 548. The standard InChI is InChI=1S/C19H37O6Si3/c1-10-18(20)22-14-17(15-23-19(21)16(3)4)24-26(5)12-13-28(8,9)25-27(6,7)11-2/h10,17H,1,3,11-15H2,2,4-9H3. The number of esters is 2. The number of hydrogen-bond donors (Lipinski definition) is 0. The maximum absolute atomic E-state index is 11.6. The van der Waals surface area contributed by atoms with Crippen LogP contribution >= 0.6 is 0 Å². The smallest absolute Gasteiger partial charge is 0.333 e. The summed E-state index contributed by atoms with van der Waals surface area (Å²) in [5.41, 5.74) is 0.316. The molecular weight excluding hydrogens is 408 g/mol. The highest BCUT2D eigenvalue weighted by atomic mass is 28.4. The first kappa shape index (κ1) is 27.0. The van der Waals surface area contributed by atoms with Gasteiger partial charge in [0.25, 0.3) is 0 Å². The Kier molecular flexibility index (Phi) is 12.1. The Morgan fingerprint density at radius 3 is 2.18 bits per heavy atom. The van der Waals surface area contributed by atoms with Crippen LogP contribution in [0.2, 0.25) is 50.9 Å². The van der Waals surface area contributed by atoms with Crippen LogP contribution in [-0.2, 0) is 27.6 Å². The van der Waals surface area contributed by atoms with Crippen molar-refractivity contribution in [2.75, 3.05) is 13.2 Å². The van der Waals surface area contributed by atoms with E-state index in [0.717, 1.165) is 24.2 Å². The summed E-state index contributed by atoms with van der Waals surface area (Å²) < 4.78 is 22.9. The van der Waals surface area contributed by atoms with Crippen LogP contribution in [0.1, 0.15) is 13.8 Å². The van der Waals surface area contributed by atoms with Gasteiger partial charge >= 0.3 is 11.9 Å². The molecule has 1 unspecified atom stereocenters. The van der Waals surface area contributed by atoms with Crippen LogP contribution in [0, 0.1) is 0 Å². The van der Waals surface area contributed by atoms with E-state index in [4.69, 9.17) is 18.0 Å². The zero-order chi connectivity index (χ0) is 22.0. The van der Waals surface area contributed by atoms with E-state index in [1.807, 2.05) is 0 Å². The lowest BCUT2D eigenvalue weighted by molar-refractivity contribution is -0.145. The van der Waals surface area contributed by atoms with E-state index in [9.17, 15) is 9.59 Å². The number of ether oxygens (including phenoxy) is 2. The van der Waals surface area contributed by atoms with Gasteiger partial charge in [-0.15, -0.1) is 0 Å². The molecule has 0 saturated carbocycles. The third kappa shape index (κ3) is 12.4. The average molecular weight is 446 g/mol. The van der Waals surface area contributed by atoms with Gasteiger partial charge in [-0.25, -0.2) is 9.59 Å². The first-order valence-corrected chi connectivity index (χ1v) is 18.0. The Hall–Kier alpha value is -1.01. The molecular formula is C19H37O6Si3. The van der Waals surface area contributed by atoms with E-state index in [1.165, 1.54) is 0 Å². The molecule has 0 N–H and O–H groups in total. The molecule has 0 aliphatic rings. The zero-order valence-corrected chi connectivity index (χ0v) is 21.6. The van der Waals surface area contributed by atoms with E-state index in [2.05, 4.69) is 52.8 Å². The highest BCUT2D eigenvalue weighted by Crippen LogP contribution is 2.23. The second-order valence-electron chi connectivity index (χ2n) is 8.13. The second-order valence-corrected chi connectivity index (χ2v) is 19.3. The molecule has 0 saturated heterocycles. The summed E-state index contributed by atoms with van der Waals surface area (Å²) >= 11 is 0. The van der Waals surface area contributed by atoms with Crippen LogP contribution in [0.15, 0.2) is 24.8 Å². The monoisotopic (exact) mass is 445 g/mol. The molecule has 0 aromatic carbocycles. The van der Waals surface area contributed by atoms with Gasteiger partial charge in [-0.3, -0.25) is 0 Å². The van der Waals surface area contributed by atoms with E-state index in [-0.39, 0.29) is 13.2 Å². The number of hydrogen-bond acceptors (Lipinski definition) is 6. The van der Waals surface area contributed by atoms with Crippen LogP contribution in [0.5, 0.6) is 0 Å². The Morgan fingerprint density at radius 1 is 1.11 bits per heavy atom. The van der Waals surface area contributed by atoms with E-state index in [0.29, 0.717) is 5.57 Å². The highest BCUT2D eigenvalue weighted by molar-refractivity contribution is 6.85. The normalized spacial score (nSPS) is 13.1. The van der Waals surface area contributed by atoms with Gasteiger partial charge in [-0.2, -0.15) is 0 Å². The van der Waals surface area contributed by atoms with Crippen molar-refractivity contribution in [2.24, 2.45) is 0 Å². The molecule has 1 atom stereocenters. The molecule has 9 heteroatoms. The first-order chi connectivity index (χ1) is 12.8. The largest absolute Gasteiger partial charge is 0.460 e. The fourth-order valence-corrected chi connectivity index (χ4v) is 13.9. The topological polar surface area (TPSA) is 71.1 Å².